The van der Waals surface area contributed by atoms with E-state index in [0.29, 0.717) is 0 Å². The van der Waals surface area contributed by atoms with Gasteiger partial charge < -0.3 is 49.8 Å². The van der Waals surface area contributed by atoms with Gasteiger partial charge in [-0.1, -0.05) is 6.07 Å². The van der Waals surface area contributed by atoms with E-state index in [1.54, 1.807) is 0 Å². The zero-order chi connectivity index (χ0) is 36.9. The van der Waals surface area contributed by atoms with Crippen molar-refractivity contribution in [2.45, 2.75) is 9.79 Å². The van der Waals surface area contributed by atoms with Crippen LogP contribution in [0.5, 0.6) is 5.75 Å². The second-order valence-corrected chi connectivity index (χ2v) is 14.3. The first-order valence-electron chi connectivity index (χ1n) is 14.1. The molecule has 0 saturated carbocycles. The largest absolute Gasteiger partial charge is 1.00 e. The van der Waals surface area contributed by atoms with Gasteiger partial charge in [-0.2, -0.15) is 15.0 Å². The van der Waals surface area contributed by atoms with Gasteiger partial charge in [-0.15, -0.1) is 10.2 Å². The van der Waals surface area contributed by atoms with Crippen LogP contribution >= 0.6 is 0 Å². The van der Waals surface area contributed by atoms with Crippen molar-refractivity contribution in [3.63, 3.8) is 0 Å². The summed E-state index contributed by atoms with van der Waals surface area (Å²) in [4.78, 5) is 12.3. The molecule has 0 unspecified atom stereocenters. The Bertz CT molecular complexity index is 2270. The van der Waals surface area contributed by atoms with Gasteiger partial charge in [0.25, 0.3) is 0 Å². The predicted octanol–water partition coefficient (Wildman–Crippen LogP) is -8.50. The molecule has 0 radical (unpaired) electrons. The van der Waals surface area contributed by atoms with Gasteiger partial charge in [0, 0.05) is 32.4 Å². The van der Waals surface area contributed by atoms with Gasteiger partial charge in [0.15, 0.2) is 0 Å². The van der Waals surface area contributed by atoms with E-state index in [0.717, 1.165) is 30.3 Å². The third kappa shape index (κ3) is 13.7. The fraction of sp³-hybridized carbons (Fsp3) is 0.269. The first-order chi connectivity index (χ1) is 23.4. The maximum atomic E-state index is 12.1. The van der Waals surface area contributed by atoms with Crippen molar-refractivity contribution in [3.8, 4) is 5.75 Å². The number of hydrogen-bond acceptors (Lipinski definition) is 21. The normalized spacial score (nSPS) is 11.7. The number of rotatable bonds is 16. The third-order valence-corrected chi connectivity index (χ3v) is 9.03. The van der Waals surface area contributed by atoms with Gasteiger partial charge in [-0.3, -0.25) is 0 Å². The van der Waals surface area contributed by atoms with Gasteiger partial charge in [0.1, 0.15) is 37.4 Å². The summed E-state index contributed by atoms with van der Waals surface area (Å²) in [7, 11) is -13.2. The van der Waals surface area contributed by atoms with Crippen LogP contribution in [-0.2, 0) is 30.4 Å². The second-order valence-electron chi connectivity index (χ2n) is 10.1. The fourth-order valence-corrected chi connectivity index (χ4v) is 5.92. The summed E-state index contributed by atoms with van der Waals surface area (Å²) < 4.78 is 104. The minimum Gasteiger partial charge on any atom is -0.748 e. The average molecular weight is 824 g/mol. The van der Waals surface area contributed by atoms with E-state index in [9.17, 15) is 54.2 Å². The topological polar surface area (TPSA) is 335 Å². The maximum Gasteiger partial charge on any atom is 1.00 e. The number of fused-ring (bicyclic) bond motifs is 1. The molecule has 27 heteroatoms. The summed E-state index contributed by atoms with van der Waals surface area (Å²) in [5, 5.41) is 45.7. The molecular formula is C26H28N9Na3O12S3. The fourth-order valence-electron chi connectivity index (χ4n) is 4.45. The number of aromatic hydroxyl groups is 1. The van der Waals surface area contributed by atoms with Crippen molar-refractivity contribution in [2.75, 3.05) is 66.5 Å². The number of aliphatic hydroxyl groups is 2. The third-order valence-electron chi connectivity index (χ3n) is 6.62. The molecule has 4 aromatic rings. The molecule has 270 valence electrons. The van der Waals surface area contributed by atoms with Gasteiger partial charge in [-0.25, -0.2) is 25.3 Å². The molecule has 0 spiro atoms. The summed E-state index contributed by atoms with van der Waals surface area (Å²) in [5.74, 6) is -2.02. The van der Waals surface area contributed by atoms with E-state index in [2.05, 4.69) is 41.1 Å². The monoisotopic (exact) mass is 823 g/mol. The van der Waals surface area contributed by atoms with E-state index in [4.69, 9.17) is 0 Å². The van der Waals surface area contributed by atoms with Crippen LogP contribution in [0.1, 0.15) is 0 Å². The smallest absolute Gasteiger partial charge is 0.748 e. The Labute approximate surface area is 370 Å². The first kappa shape index (κ1) is 49.2. The van der Waals surface area contributed by atoms with Crippen molar-refractivity contribution in [1.29, 1.82) is 0 Å². The number of hydrogen-bond donors (Lipinski definition) is 6. The van der Waals surface area contributed by atoms with Crippen LogP contribution < -0.4 is 110 Å². The number of anilines is 5. The van der Waals surface area contributed by atoms with Crippen LogP contribution in [0.2, 0.25) is 0 Å². The average Bonchev–Trinajstić information content (AvgIpc) is 3.01. The molecule has 3 aromatic carbocycles. The minimum absolute atomic E-state index is 0. The predicted molar refractivity (Wildman–Crippen MR) is 174 cm³/mol. The molecule has 0 amide bonds. The molecule has 0 aliphatic heterocycles. The van der Waals surface area contributed by atoms with Crippen LogP contribution in [0.15, 0.2) is 62.5 Å². The summed E-state index contributed by atoms with van der Waals surface area (Å²) in [6.07, 6.45) is 0. The molecule has 1 aromatic heterocycles. The van der Waals surface area contributed by atoms with E-state index in [-0.39, 0.29) is 167 Å². The maximum absolute atomic E-state index is 12.1. The van der Waals surface area contributed by atoms with E-state index in [1.807, 2.05) is 0 Å². The zero-order valence-corrected chi connectivity index (χ0v) is 37.2. The molecule has 53 heavy (non-hydrogen) atoms. The number of phenolic OH excluding ortho intramolecular Hbond substituents is 1. The van der Waals surface area contributed by atoms with Gasteiger partial charge in [0.2, 0.25) is 17.8 Å². The molecule has 21 nitrogen and oxygen atoms in total. The van der Waals surface area contributed by atoms with Crippen LogP contribution in [0.3, 0.4) is 0 Å². The van der Waals surface area contributed by atoms with Crippen molar-refractivity contribution < 1.29 is 143 Å². The second kappa shape index (κ2) is 20.9. The van der Waals surface area contributed by atoms with E-state index >= 15 is 0 Å². The van der Waals surface area contributed by atoms with Crippen molar-refractivity contribution in [1.82, 2.24) is 15.0 Å². The zero-order valence-electron chi connectivity index (χ0n) is 28.7. The van der Waals surface area contributed by atoms with E-state index < -0.39 is 57.3 Å². The quantitative estimate of drug-likeness (QED) is 0.0347. The standard InChI is InChI=1S/C26H31N9O12S3.3Na/c1-27-18-4-2-15-12-17(49(42,43)44)14-20(38)22(15)23(18)34-33-19-13-16(3-5-21(19)50(45,46)47)29-25-30-24(28-6-11-48(39,40)41)31-26(32-25)35(7-9-36)8-10-37;;;/h2-5,12-14,27,36-38H,6-11H2,1H3,(H,39,40,41)(H,42,43,44)(H,45,46,47)(H2,28,29,30,31,32);;;/q;3*+1/p-3. The Balaban J connectivity index is 0.00000468. The Hall–Kier alpha value is -1.82. The Morgan fingerprint density at radius 1 is 0.811 bits per heavy atom. The SMILES string of the molecule is CNc1ccc2cc(S(=O)(=O)[O-])cc(O)c2c1N=Nc1cc(Nc2nc(NCCS(=O)(=O)[O-])nc(N(CCO)CCO)n2)ccc1S(=O)(=O)[O-].[Na+].[Na+].[Na+]. The Kier molecular flexibility index (Phi) is 19.4. The Morgan fingerprint density at radius 2 is 1.45 bits per heavy atom. The number of aliphatic hydroxyl groups excluding tert-OH is 2. The van der Waals surface area contributed by atoms with Gasteiger partial charge in [-0.05, 0) is 41.8 Å². The number of nitrogens with one attached hydrogen (secondary N) is 3. The van der Waals surface area contributed by atoms with Crippen LogP contribution in [-0.4, -0.2) is 115 Å². The molecule has 0 aliphatic carbocycles. The minimum atomic E-state index is -5.15. The molecular weight excluding hydrogens is 796 g/mol. The number of phenols is 1. The molecule has 0 aliphatic rings. The molecule has 0 fully saturated rings. The summed E-state index contributed by atoms with van der Waals surface area (Å²) in [6, 6.07) is 7.69. The summed E-state index contributed by atoms with van der Waals surface area (Å²) in [5.41, 5.74) is -0.353. The van der Waals surface area contributed by atoms with Crippen molar-refractivity contribution in [3.05, 3.63) is 42.5 Å². The molecule has 0 atom stereocenters. The Morgan fingerprint density at radius 3 is 2.02 bits per heavy atom. The summed E-state index contributed by atoms with van der Waals surface area (Å²) in [6.45, 7) is -1.19. The summed E-state index contributed by atoms with van der Waals surface area (Å²) >= 11 is 0. The molecule has 1 heterocycles. The van der Waals surface area contributed by atoms with Crippen molar-refractivity contribution >= 4 is 81.7 Å². The molecule has 6 N–H and O–H groups in total. The van der Waals surface area contributed by atoms with Gasteiger partial charge >= 0.3 is 88.7 Å². The van der Waals surface area contributed by atoms with Crippen LogP contribution in [0.4, 0.5) is 40.6 Å². The van der Waals surface area contributed by atoms with Crippen molar-refractivity contribution in [2.24, 2.45) is 10.2 Å². The molecule has 4 rings (SSSR count). The number of aromatic nitrogens is 3. The van der Waals surface area contributed by atoms with Crippen LogP contribution in [0, 0.1) is 0 Å². The number of nitrogens with zero attached hydrogens (tertiary/aromatic N) is 6. The first-order valence-corrected chi connectivity index (χ1v) is 18.4. The number of azo groups is 1. The van der Waals surface area contributed by atoms with Gasteiger partial charge in [0.05, 0.1) is 49.9 Å². The number of benzene rings is 3. The van der Waals surface area contributed by atoms with Crippen LogP contribution in [0.25, 0.3) is 10.8 Å². The molecule has 0 bridgehead atoms. The molecule has 0 saturated heterocycles. The van der Waals surface area contributed by atoms with E-state index in [1.165, 1.54) is 24.1 Å².